The number of methoxy groups -OCH3 is 1. The van der Waals surface area contributed by atoms with Gasteiger partial charge in [-0.15, -0.1) is 0 Å². The molecule has 1 atom stereocenters. The Labute approximate surface area is 125 Å². The first-order valence-corrected chi connectivity index (χ1v) is 8.39. The normalized spacial score (nSPS) is 22.4. The summed E-state index contributed by atoms with van der Waals surface area (Å²) in [5.74, 6) is 0.303. The molecule has 0 radical (unpaired) electrons. The summed E-state index contributed by atoms with van der Waals surface area (Å²) in [5, 5.41) is 0. The number of nitrogens with two attached hydrogens (primary N) is 1. The molecule has 1 aromatic rings. The molecule has 1 unspecified atom stereocenters. The highest BCUT2D eigenvalue weighted by Gasteiger charge is 2.32. The second kappa shape index (κ2) is 6.31. The van der Waals surface area contributed by atoms with Crippen molar-refractivity contribution in [1.29, 1.82) is 0 Å². The van der Waals surface area contributed by atoms with Crippen LogP contribution in [0.3, 0.4) is 0 Å². The van der Waals surface area contributed by atoms with Crippen molar-refractivity contribution in [3.8, 4) is 5.75 Å². The molecule has 21 heavy (non-hydrogen) atoms. The van der Waals surface area contributed by atoms with Crippen LogP contribution in [0.25, 0.3) is 0 Å². The molecule has 6 nitrogen and oxygen atoms in total. The lowest BCUT2D eigenvalue weighted by molar-refractivity contribution is 0.0250. The smallest absolute Gasteiger partial charge is 0.244 e. The number of nitrogens with one attached hydrogen (secondary N) is 1. The summed E-state index contributed by atoms with van der Waals surface area (Å²) in [5.41, 5.74) is 5.87. The van der Waals surface area contributed by atoms with E-state index in [2.05, 4.69) is 4.72 Å². The molecule has 1 heterocycles. The van der Waals surface area contributed by atoms with E-state index >= 15 is 0 Å². The van der Waals surface area contributed by atoms with Crippen LogP contribution in [0, 0.1) is 0 Å². The standard InChI is InChI=1S/C14H22N2O4S/c1-14(6-3-7-20-14)10-16-21(17,18)13-8-11(9-15)4-5-12(13)19-2/h4-5,8,16H,3,6-7,9-10,15H2,1-2H3. The molecule has 1 aliphatic heterocycles. The molecule has 0 amide bonds. The maximum Gasteiger partial charge on any atom is 0.244 e. The van der Waals surface area contributed by atoms with Crippen molar-refractivity contribution < 1.29 is 17.9 Å². The Kier molecular flexibility index (Phi) is 4.88. The molecule has 1 saturated heterocycles. The highest BCUT2D eigenvalue weighted by molar-refractivity contribution is 7.89. The van der Waals surface area contributed by atoms with E-state index in [0.717, 1.165) is 18.4 Å². The quantitative estimate of drug-likeness (QED) is 0.817. The lowest BCUT2D eigenvalue weighted by atomic mass is 10.0. The molecule has 1 aromatic carbocycles. The summed E-state index contributed by atoms with van der Waals surface area (Å²) in [7, 11) is -2.23. The second-order valence-corrected chi connectivity index (χ2v) is 7.15. The van der Waals surface area contributed by atoms with E-state index in [9.17, 15) is 8.42 Å². The van der Waals surface area contributed by atoms with Crippen molar-refractivity contribution in [3.63, 3.8) is 0 Å². The summed E-state index contributed by atoms with van der Waals surface area (Å²) in [6.07, 6.45) is 1.79. The molecule has 1 aliphatic rings. The number of ether oxygens (including phenoxy) is 2. The number of rotatable bonds is 6. The fraction of sp³-hybridized carbons (Fsp3) is 0.571. The molecular weight excluding hydrogens is 292 g/mol. The maximum absolute atomic E-state index is 12.5. The number of hydrogen-bond acceptors (Lipinski definition) is 5. The van der Waals surface area contributed by atoms with Gasteiger partial charge in [0.05, 0.1) is 12.7 Å². The predicted molar refractivity (Wildman–Crippen MR) is 79.7 cm³/mol. The van der Waals surface area contributed by atoms with Crippen LogP contribution < -0.4 is 15.2 Å². The Morgan fingerprint density at radius 2 is 2.24 bits per heavy atom. The Bertz CT molecular complexity index is 595. The molecule has 2 rings (SSSR count). The van der Waals surface area contributed by atoms with Crippen LogP contribution in [0.1, 0.15) is 25.3 Å². The van der Waals surface area contributed by atoms with Crippen molar-refractivity contribution in [3.05, 3.63) is 23.8 Å². The van der Waals surface area contributed by atoms with Crippen molar-refractivity contribution >= 4 is 10.0 Å². The van der Waals surface area contributed by atoms with E-state index in [-0.39, 0.29) is 18.0 Å². The molecule has 3 N–H and O–H groups in total. The zero-order valence-corrected chi connectivity index (χ0v) is 13.2. The predicted octanol–water partition coefficient (Wildman–Crippen LogP) is 1.00. The van der Waals surface area contributed by atoms with Gasteiger partial charge in [0.2, 0.25) is 10.0 Å². The van der Waals surface area contributed by atoms with Crippen LogP contribution in [-0.4, -0.2) is 34.3 Å². The Balaban J connectivity index is 2.22. The van der Waals surface area contributed by atoms with Crippen molar-refractivity contribution in [2.75, 3.05) is 20.3 Å². The van der Waals surface area contributed by atoms with Crippen molar-refractivity contribution in [1.82, 2.24) is 4.72 Å². The fourth-order valence-electron chi connectivity index (χ4n) is 2.36. The third kappa shape index (κ3) is 3.74. The van der Waals surface area contributed by atoms with Gasteiger partial charge >= 0.3 is 0 Å². The van der Waals surface area contributed by atoms with Gasteiger partial charge in [0.15, 0.2) is 0 Å². The van der Waals surface area contributed by atoms with Gasteiger partial charge in [0.1, 0.15) is 10.6 Å². The average molecular weight is 314 g/mol. The van der Waals surface area contributed by atoms with E-state index in [4.69, 9.17) is 15.2 Å². The van der Waals surface area contributed by atoms with Crippen LogP contribution in [0.4, 0.5) is 0 Å². The van der Waals surface area contributed by atoms with Crippen molar-refractivity contribution in [2.45, 2.75) is 36.8 Å². The van der Waals surface area contributed by atoms with Crippen LogP contribution in [-0.2, 0) is 21.3 Å². The Morgan fingerprint density at radius 1 is 1.48 bits per heavy atom. The van der Waals surface area contributed by atoms with Crippen LogP contribution in [0.15, 0.2) is 23.1 Å². The summed E-state index contributed by atoms with van der Waals surface area (Å²) in [4.78, 5) is 0.106. The lowest BCUT2D eigenvalue weighted by Gasteiger charge is -2.23. The summed E-state index contributed by atoms with van der Waals surface area (Å²) in [6.45, 7) is 3.10. The largest absolute Gasteiger partial charge is 0.495 e. The van der Waals surface area contributed by atoms with Gasteiger partial charge in [0.25, 0.3) is 0 Å². The SMILES string of the molecule is COc1ccc(CN)cc1S(=O)(=O)NCC1(C)CCCO1. The molecule has 118 valence electrons. The molecule has 0 spiro atoms. The first-order chi connectivity index (χ1) is 9.90. The Hall–Kier alpha value is -1.15. The van der Waals surface area contributed by atoms with Gasteiger partial charge in [-0.1, -0.05) is 6.07 Å². The number of benzene rings is 1. The summed E-state index contributed by atoms with van der Waals surface area (Å²) < 4.78 is 38.3. The third-order valence-electron chi connectivity index (χ3n) is 3.69. The van der Waals surface area contributed by atoms with E-state index < -0.39 is 15.6 Å². The van der Waals surface area contributed by atoms with Gasteiger partial charge in [-0.25, -0.2) is 13.1 Å². The monoisotopic (exact) mass is 314 g/mol. The average Bonchev–Trinajstić information content (AvgIpc) is 2.92. The van der Waals surface area contributed by atoms with Gasteiger partial charge < -0.3 is 15.2 Å². The zero-order chi connectivity index (χ0) is 15.5. The highest BCUT2D eigenvalue weighted by atomic mass is 32.2. The summed E-state index contributed by atoms with van der Waals surface area (Å²) in [6, 6.07) is 4.91. The third-order valence-corrected chi connectivity index (χ3v) is 5.11. The molecular formula is C14H22N2O4S. The lowest BCUT2D eigenvalue weighted by Crippen LogP contribution is -2.40. The first kappa shape index (κ1) is 16.2. The van der Waals surface area contributed by atoms with Crippen LogP contribution >= 0.6 is 0 Å². The van der Waals surface area contributed by atoms with E-state index in [1.807, 2.05) is 6.92 Å². The van der Waals surface area contributed by atoms with E-state index in [1.54, 1.807) is 18.2 Å². The minimum Gasteiger partial charge on any atom is -0.495 e. The maximum atomic E-state index is 12.5. The van der Waals surface area contributed by atoms with Crippen LogP contribution in [0.2, 0.25) is 0 Å². The molecule has 7 heteroatoms. The minimum absolute atomic E-state index is 0.106. The highest BCUT2D eigenvalue weighted by Crippen LogP contribution is 2.27. The van der Waals surface area contributed by atoms with Gasteiger partial charge in [-0.05, 0) is 37.5 Å². The van der Waals surface area contributed by atoms with Gasteiger partial charge in [-0.2, -0.15) is 0 Å². The number of hydrogen-bond donors (Lipinski definition) is 2. The molecule has 0 bridgehead atoms. The topological polar surface area (TPSA) is 90.7 Å². The number of sulfonamides is 1. The summed E-state index contributed by atoms with van der Waals surface area (Å²) >= 11 is 0. The zero-order valence-electron chi connectivity index (χ0n) is 12.4. The minimum atomic E-state index is -3.67. The molecule has 0 aliphatic carbocycles. The van der Waals surface area contributed by atoms with E-state index in [1.165, 1.54) is 7.11 Å². The molecule has 0 saturated carbocycles. The van der Waals surface area contributed by atoms with Gasteiger partial charge in [-0.3, -0.25) is 0 Å². The molecule has 0 aromatic heterocycles. The fourth-order valence-corrected chi connectivity index (χ4v) is 3.73. The van der Waals surface area contributed by atoms with Crippen molar-refractivity contribution in [2.24, 2.45) is 5.73 Å². The molecule has 1 fully saturated rings. The second-order valence-electron chi connectivity index (χ2n) is 5.42. The Morgan fingerprint density at radius 3 is 2.81 bits per heavy atom. The van der Waals surface area contributed by atoms with Gasteiger partial charge in [0, 0.05) is 19.7 Å². The van der Waals surface area contributed by atoms with E-state index in [0.29, 0.717) is 12.4 Å². The first-order valence-electron chi connectivity index (χ1n) is 6.91. The van der Waals surface area contributed by atoms with Crippen LogP contribution in [0.5, 0.6) is 5.75 Å².